The van der Waals surface area contributed by atoms with Crippen molar-refractivity contribution < 1.29 is 9.53 Å². The van der Waals surface area contributed by atoms with Crippen molar-refractivity contribution in [3.8, 4) is 5.75 Å². The Hall–Kier alpha value is -2.82. The molecule has 0 atom stereocenters. The van der Waals surface area contributed by atoms with Crippen LogP contribution in [0.5, 0.6) is 5.75 Å². The number of hydrogen-bond acceptors (Lipinski definition) is 3. The maximum absolute atomic E-state index is 12.3. The summed E-state index contributed by atoms with van der Waals surface area (Å²) in [6.07, 6.45) is 2.44. The molecule has 0 aliphatic rings. The van der Waals surface area contributed by atoms with Gasteiger partial charge in [0, 0.05) is 18.9 Å². The first-order valence-electron chi connectivity index (χ1n) is 11.5. The average Bonchev–Trinajstić information content (AvgIpc) is 3.12. The Bertz CT molecular complexity index is 972. The topological polar surface area (TPSA) is 56.2 Å². The van der Waals surface area contributed by atoms with Crippen LogP contribution >= 0.6 is 0 Å². The van der Waals surface area contributed by atoms with Crippen molar-refractivity contribution in [3.63, 3.8) is 0 Å². The lowest BCUT2D eigenvalue weighted by atomic mass is 10.0. The molecule has 0 saturated carbocycles. The fourth-order valence-electron chi connectivity index (χ4n) is 3.87. The maximum Gasteiger partial charge on any atom is 0.223 e. The highest BCUT2D eigenvalue weighted by molar-refractivity contribution is 5.78. The Balaban J connectivity index is 1.64. The van der Waals surface area contributed by atoms with Crippen molar-refractivity contribution in [1.82, 2.24) is 14.9 Å². The molecule has 0 saturated heterocycles. The van der Waals surface area contributed by atoms with Gasteiger partial charge in [-0.2, -0.15) is 0 Å². The fraction of sp³-hybridized carbons (Fsp3) is 0.462. The highest BCUT2D eigenvalue weighted by Gasteiger charge is 2.15. The second-order valence-electron chi connectivity index (χ2n) is 8.30. The summed E-state index contributed by atoms with van der Waals surface area (Å²) in [5.74, 6) is 2.60. The lowest BCUT2D eigenvalue weighted by molar-refractivity contribution is -0.125. The van der Waals surface area contributed by atoms with Crippen molar-refractivity contribution >= 4 is 16.9 Å². The monoisotopic (exact) mass is 421 g/mol. The van der Waals surface area contributed by atoms with E-state index in [0.29, 0.717) is 32.0 Å². The molecule has 1 N–H and O–H groups in total. The molecule has 5 heteroatoms. The number of imidazole rings is 1. The number of amides is 1. The smallest absolute Gasteiger partial charge is 0.223 e. The number of carbonyl (C=O) groups excluding carboxylic acids is 1. The van der Waals surface area contributed by atoms with Crippen LogP contribution < -0.4 is 10.1 Å². The van der Waals surface area contributed by atoms with Crippen LogP contribution in [0, 0.1) is 5.92 Å². The first-order chi connectivity index (χ1) is 15.0. The van der Waals surface area contributed by atoms with E-state index in [-0.39, 0.29) is 11.8 Å². The highest BCUT2D eigenvalue weighted by Crippen LogP contribution is 2.20. The maximum atomic E-state index is 12.3. The van der Waals surface area contributed by atoms with E-state index in [1.165, 1.54) is 5.56 Å². The molecule has 2 aromatic carbocycles. The van der Waals surface area contributed by atoms with Crippen LogP contribution in [0.2, 0.25) is 0 Å². The Morgan fingerprint density at radius 1 is 1.06 bits per heavy atom. The van der Waals surface area contributed by atoms with Gasteiger partial charge in [0.1, 0.15) is 18.2 Å². The standard InChI is InChI=1S/C26H35N3O2/c1-5-20(6-2)26(30)27-16-15-25-28-23-9-7-8-10-24(23)29(25)17-18-31-22-13-11-21(12-14-22)19(3)4/h7-14,19-20H,5-6,15-18H2,1-4H3,(H,27,30). The largest absolute Gasteiger partial charge is 0.492 e. The van der Waals surface area contributed by atoms with Crippen LogP contribution in [0.4, 0.5) is 0 Å². The minimum absolute atomic E-state index is 0.0919. The van der Waals surface area contributed by atoms with Crippen molar-refractivity contribution in [2.24, 2.45) is 5.92 Å². The SMILES string of the molecule is CCC(CC)C(=O)NCCc1nc2ccccc2n1CCOc1ccc(C(C)C)cc1. The highest BCUT2D eigenvalue weighted by atomic mass is 16.5. The van der Waals surface area contributed by atoms with E-state index in [4.69, 9.17) is 9.72 Å². The summed E-state index contributed by atoms with van der Waals surface area (Å²) < 4.78 is 8.21. The zero-order valence-electron chi connectivity index (χ0n) is 19.2. The number of carbonyl (C=O) groups is 1. The molecule has 3 rings (SSSR count). The third-order valence-corrected chi connectivity index (χ3v) is 5.87. The van der Waals surface area contributed by atoms with Gasteiger partial charge in [-0.25, -0.2) is 4.98 Å². The third-order valence-electron chi connectivity index (χ3n) is 5.87. The first-order valence-corrected chi connectivity index (χ1v) is 11.5. The molecule has 1 heterocycles. The minimum atomic E-state index is 0.0919. The van der Waals surface area contributed by atoms with Gasteiger partial charge >= 0.3 is 0 Å². The number of benzene rings is 2. The molecule has 31 heavy (non-hydrogen) atoms. The Labute approximate surface area is 185 Å². The molecule has 0 bridgehead atoms. The van der Waals surface area contributed by atoms with Crippen molar-refractivity contribution in [3.05, 3.63) is 59.9 Å². The summed E-state index contributed by atoms with van der Waals surface area (Å²) >= 11 is 0. The summed E-state index contributed by atoms with van der Waals surface area (Å²) in [6.45, 7) is 10.4. The van der Waals surface area contributed by atoms with Gasteiger partial charge in [-0.05, 0) is 48.6 Å². The molecular formula is C26H35N3O2. The van der Waals surface area contributed by atoms with E-state index in [1.54, 1.807) is 0 Å². The molecule has 0 unspecified atom stereocenters. The van der Waals surface area contributed by atoms with Gasteiger partial charge < -0.3 is 14.6 Å². The quantitative estimate of drug-likeness (QED) is 0.455. The van der Waals surface area contributed by atoms with Gasteiger partial charge in [0.15, 0.2) is 0 Å². The van der Waals surface area contributed by atoms with Gasteiger partial charge in [-0.1, -0.05) is 52.0 Å². The second kappa shape index (κ2) is 11.0. The van der Waals surface area contributed by atoms with Crippen LogP contribution in [-0.4, -0.2) is 28.6 Å². The van der Waals surface area contributed by atoms with E-state index in [0.717, 1.165) is 35.4 Å². The van der Waals surface area contributed by atoms with E-state index in [2.05, 4.69) is 55.8 Å². The summed E-state index contributed by atoms with van der Waals surface area (Å²) in [4.78, 5) is 17.1. The zero-order valence-corrected chi connectivity index (χ0v) is 19.2. The number of nitrogens with zero attached hydrogens (tertiary/aromatic N) is 2. The third kappa shape index (κ3) is 5.87. The molecule has 0 fully saturated rings. The van der Waals surface area contributed by atoms with Crippen molar-refractivity contribution in [1.29, 1.82) is 0 Å². The predicted molar refractivity (Wildman–Crippen MR) is 127 cm³/mol. The molecular weight excluding hydrogens is 386 g/mol. The average molecular weight is 422 g/mol. The van der Waals surface area contributed by atoms with Gasteiger partial charge in [-0.15, -0.1) is 0 Å². The predicted octanol–water partition coefficient (Wildman–Crippen LogP) is 5.33. The number of ether oxygens (including phenoxy) is 1. The van der Waals surface area contributed by atoms with E-state index < -0.39 is 0 Å². The molecule has 0 spiro atoms. The molecule has 0 radical (unpaired) electrons. The normalized spacial score (nSPS) is 11.4. The summed E-state index contributed by atoms with van der Waals surface area (Å²) in [5.41, 5.74) is 3.39. The van der Waals surface area contributed by atoms with Crippen LogP contribution in [0.15, 0.2) is 48.5 Å². The Morgan fingerprint density at radius 2 is 1.77 bits per heavy atom. The van der Waals surface area contributed by atoms with E-state index in [9.17, 15) is 4.79 Å². The van der Waals surface area contributed by atoms with E-state index >= 15 is 0 Å². The molecule has 0 aliphatic heterocycles. The van der Waals surface area contributed by atoms with Crippen LogP contribution in [0.3, 0.4) is 0 Å². The van der Waals surface area contributed by atoms with Gasteiger partial charge in [0.2, 0.25) is 5.91 Å². The summed E-state index contributed by atoms with van der Waals surface area (Å²) in [6, 6.07) is 16.5. The number of aromatic nitrogens is 2. The minimum Gasteiger partial charge on any atom is -0.492 e. The van der Waals surface area contributed by atoms with Gasteiger partial charge in [0.25, 0.3) is 0 Å². The molecule has 0 aliphatic carbocycles. The van der Waals surface area contributed by atoms with Crippen molar-refractivity contribution in [2.75, 3.05) is 13.2 Å². The lowest BCUT2D eigenvalue weighted by Gasteiger charge is -2.14. The van der Waals surface area contributed by atoms with E-state index in [1.807, 2.05) is 30.3 Å². The number of fused-ring (bicyclic) bond motifs is 1. The van der Waals surface area contributed by atoms with Crippen molar-refractivity contribution in [2.45, 2.75) is 59.4 Å². The first kappa shape index (κ1) is 22.9. The second-order valence-corrected chi connectivity index (χ2v) is 8.30. The lowest BCUT2D eigenvalue weighted by Crippen LogP contribution is -2.32. The van der Waals surface area contributed by atoms with Gasteiger partial charge in [0.05, 0.1) is 17.6 Å². The molecule has 1 amide bonds. The number of hydrogen-bond donors (Lipinski definition) is 1. The summed E-state index contributed by atoms with van der Waals surface area (Å²) in [7, 11) is 0. The number of rotatable bonds is 11. The zero-order chi connectivity index (χ0) is 22.2. The number of nitrogens with one attached hydrogen (secondary N) is 1. The molecule has 1 aromatic heterocycles. The number of para-hydroxylation sites is 2. The van der Waals surface area contributed by atoms with Crippen LogP contribution in [0.25, 0.3) is 11.0 Å². The molecule has 5 nitrogen and oxygen atoms in total. The Morgan fingerprint density at radius 3 is 2.45 bits per heavy atom. The fourth-order valence-corrected chi connectivity index (χ4v) is 3.87. The molecule has 3 aromatic rings. The molecule has 166 valence electrons. The van der Waals surface area contributed by atoms with Crippen LogP contribution in [0.1, 0.15) is 57.8 Å². The summed E-state index contributed by atoms with van der Waals surface area (Å²) in [5, 5.41) is 3.08. The van der Waals surface area contributed by atoms with Crippen LogP contribution in [-0.2, 0) is 17.8 Å². The Kier molecular flexibility index (Phi) is 8.10. The van der Waals surface area contributed by atoms with Gasteiger partial charge in [-0.3, -0.25) is 4.79 Å².